The molecule has 0 aliphatic carbocycles. The first-order chi connectivity index (χ1) is 11.7. The molecule has 0 radical (unpaired) electrons. The third-order valence-corrected chi connectivity index (χ3v) is 3.56. The summed E-state index contributed by atoms with van der Waals surface area (Å²) in [4.78, 5) is 23.3. The fourth-order valence-electron chi connectivity index (χ4n) is 2.26. The maximum absolute atomic E-state index is 11.8. The van der Waals surface area contributed by atoms with Crippen LogP contribution >= 0.6 is 0 Å². The molecule has 24 heavy (non-hydrogen) atoms. The number of hydrogen-bond acceptors (Lipinski definition) is 4. The molecule has 0 atom stereocenters. The summed E-state index contributed by atoms with van der Waals surface area (Å²) in [6.07, 6.45) is 5.40. The largest absolute Gasteiger partial charge is 0.461 e. The Hall–Kier alpha value is -3.15. The molecule has 0 aliphatic heterocycles. The molecule has 6 nitrogen and oxygen atoms in total. The molecular formula is C18H17N3O3. The van der Waals surface area contributed by atoms with E-state index in [1.165, 1.54) is 10.6 Å². The molecule has 0 saturated carbocycles. The Morgan fingerprint density at radius 2 is 1.88 bits per heavy atom. The number of benzene rings is 1. The zero-order valence-corrected chi connectivity index (χ0v) is 13.0. The fraction of sp³-hybridized carbons (Fsp3) is 0.167. The number of ether oxygens (including phenoxy) is 1. The number of aryl methyl sites for hydroxylation is 1. The van der Waals surface area contributed by atoms with Crippen molar-refractivity contribution < 1.29 is 9.53 Å². The summed E-state index contributed by atoms with van der Waals surface area (Å²) in [6.45, 7) is 0.526. The number of nitrogens with zero attached hydrogens (tertiary/aromatic N) is 3. The Bertz CT molecular complexity index is 852. The molecule has 0 bridgehead atoms. The molecule has 2 aromatic heterocycles. The number of pyridine rings is 1. The van der Waals surface area contributed by atoms with Gasteiger partial charge in [0.15, 0.2) is 0 Å². The second-order valence-electron chi connectivity index (χ2n) is 5.26. The Morgan fingerprint density at radius 1 is 1.04 bits per heavy atom. The van der Waals surface area contributed by atoms with E-state index in [0.29, 0.717) is 6.54 Å². The van der Waals surface area contributed by atoms with Crippen molar-refractivity contribution in [1.29, 1.82) is 0 Å². The van der Waals surface area contributed by atoms with Crippen molar-refractivity contribution >= 4 is 5.97 Å². The summed E-state index contributed by atoms with van der Waals surface area (Å²) in [5.74, 6) is -0.332. The third-order valence-electron chi connectivity index (χ3n) is 3.56. The van der Waals surface area contributed by atoms with Gasteiger partial charge in [0.2, 0.25) is 0 Å². The minimum atomic E-state index is -0.332. The fourth-order valence-corrected chi connectivity index (χ4v) is 2.26. The molecule has 2 heterocycles. The molecule has 0 amide bonds. The quantitative estimate of drug-likeness (QED) is 0.652. The zero-order chi connectivity index (χ0) is 16.8. The van der Waals surface area contributed by atoms with Gasteiger partial charge >= 0.3 is 5.97 Å². The van der Waals surface area contributed by atoms with Gasteiger partial charge in [-0.3, -0.25) is 9.59 Å². The van der Waals surface area contributed by atoms with Gasteiger partial charge in [0.1, 0.15) is 6.61 Å². The second-order valence-corrected chi connectivity index (χ2v) is 5.26. The van der Waals surface area contributed by atoms with Crippen molar-refractivity contribution in [2.75, 3.05) is 0 Å². The van der Waals surface area contributed by atoms with E-state index in [9.17, 15) is 9.59 Å². The van der Waals surface area contributed by atoms with Crippen LogP contribution in [-0.2, 0) is 22.7 Å². The van der Waals surface area contributed by atoms with Crippen LogP contribution in [0.4, 0.5) is 0 Å². The number of aromatic nitrogens is 3. The molecule has 0 aliphatic rings. The van der Waals surface area contributed by atoms with E-state index in [4.69, 9.17) is 4.74 Å². The van der Waals surface area contributed by atoms with Crippen LogP contribution in [0.1, 0.15) is 12.0 Å². The third kappa shape index (κ3) is 3.98. The molecule has 3 rings (SSSR count). The lowest BCUT2D eigenvalue weighted by molar-refractivity contribution is -0.145. The van der Waals surface area contributed by atoms with Crippen LogP contribution in [0.2, 0.25) is 0 Å². The van der Waals surface area contributed by atoms with Gasteiger partial charge in [-0.1, -0.05) is 18.2 Å². The van der Waals surface area contributed by atoms with Gasteiger partial charge in [0.05, 0.1) is 12.1 Å². The van der Waals surface area contributed by atoms with Crippen LogP contribution in [0.3, 0.4) is 0 Å². The monoisotopic (exact) mass is 323 g/mol. The highest BCUT2D eigenvalue weighted by molar-refractivity contribution is 5.69. The van der Waals surface area contributed by atoms with Crippen molar-refractivity contribution in [2.24, 2.45) is 0 Å². The Balaban J connectivity index is 1.49. The molecule has 0 unspecified atom stereocenters. The highest BCUT2D eigenvalue weighted by Crippen LogP contribution is 2.10. The van der Waals surface area contributed by atoms with Crippen LogP contribution in [0.5, 0.6) is 0 Å². The van der Waals surface area contributed by atoms with Gasteiger partial charge in [-0.05, 0) is 29.8 Å². The number of hydrogen-bond donors (Lipinski definition) is 0. The first-order valence-electron chi connectivity index (χ1n) is 7.62. The van der Waals surface area contributed by atoms with Gasteiger partial charge in [-0.2, -0.15) is 5.10 Å². The molecule has 6 heteroatoms. The maximum atomic E-state index is 11.8. The number of carbonyl (C=O) groups excluding carboxylic acids is 1. The van der Waals surface area contributed by atoms with E-state index in [1.54, 1.807) is 29.2 Å². The van der Waals surface area contributed by atoms with Gasteiger partial charge in [-0.25, -0.2) is 4.68 Å². The average molecular weight is 323 g/mol. The van der Waals surface area contributed by atoms with E-state index < -0.39 is 0 Å². The molecule has 0 spiro atoms. The van der Waals surface area contributed by atoms with E-state index in [-0.39, 0.29) is 24.6 Å². The second kappa shape index (κ2) is 7.41. The first-order valence-corrected chi connectivity index (χ1v) is 7.62. The number of rotatable bonds is 6. The van der Waals surface area contributed by atoms with Crippen LogP contribution in [0.15, 0.2) is 71.9 Å². The Labute approximate surface area is 138 Å². The highest BCUT2D eigenvalue weighted by atomic mass is 16.5. The standard InChI is InChI=1S/C18H17N3O3/c22-17-4-1-2-11-20(17)13-9-18(23)24-14-15-5-7-16(8-6-15)21-12-3-10-19-21/h1-8,10-12H,9,13-14H2. The topological polar surface area (TPSA) is 66.1 Å². The highest BCUT2D eigenvalue weighted by Gasteiger charge is 2.05. The van der Waals surface area contributed by atoms with Crippen LogP contribution in [0.25, 0.3) is 5.69 Å². The predicted octanol–water partition coefficient (Wildman–Crippen LogP) is 2.17. The number of carbonyl (C=O) groups is 1. The first kappa shape index (κ1) is 15.7. The number of esters is 1. The van der Waals surface area contributed by atoms with E-state index in [0.717, 1.165) is 11.3 Å². The summed E-state index contributed by atoms with van der Waals surface area (Å²) >= 11 is 0. The Kier molecular flexibility index (Phi) is 4.86. The predicted molar refractivity (Wildman–Crippen MR) is 88.7 cm³/mol. The van der Waals surface area contributed by atoms with Crippen LogP contribution in [0, 0.1) is 0 Å². The van der Waals surface area contributed by atoms with Gasteiger partial charge in [0.25, 0.3) is 5.56 Å². The summed E-state index contributed by atoms with van der Waals surface area (Å²) in [5.41, 5.74) is 1.72. The summed E-state index contributed by atoms with van der Waals surface area (Å²) in [5, 5.41) is 4.15. The molecule has 3 aromatic rings. The van der Waals surface area contributed by atoms with Crippen molar-refractivity contribution in [1.82, 2.24) is 14.3 Å². The SMILES string of the molecule is O=C(CCn1ccccc1=O)OCc1ccc(-n2cccn2)cc1. The average Bonchev–Trinajstić information content (AvgIpc) is 3.14. The summed E-state index contributed by atoms with van der Waals surface area (Å²) in [6, 6.07) is 14.4. The van der Waals surface area contributed by atoms with Crippen LogP contribution in [-0.4, -0.2) is 20.3 Å². The van der Waals surface area contributed by atoms with E-state index in [1.807, 2.05) is 36.5 Å². The molecule has 122 valence electrons. The van der Waals surface area contributed by atoms with Crippen molar-refractivity contribution in [2.45, 2.75) is 19.6 Å². The molecule has 0 N–H and O–H groups in total. The van der Waals surface area contributed by atoms with Gasteiger partial charge < -0.3 is 9.30 Å². The summed E-state index contributed by atoms with van der Waals surface area (Å²) in [7, 11) is 0. The van der Waals surface area contributed by atoms with E-state index in [2.05, 4.69) is 5.10 Å². The van der Waals surface area contributed by atoms with Crippen molar-refractivity contribution in [3.63, 3.8) is 0 Å². The lowest BCUT2D eigenvalue weighted by atomic mass is 10.2. The maximum Gasteiger partial charge on any atom is 0.307 e. The molecular weight excluding hydrogens is 306 g/mol. The van der Waals surface area contributed by atoms with E-state index >= 15 is 0 Å². The smallest absolute Gasteiger partial charge is 0.307 e. The molecule has 0 saturated heterocycles. The molecule has 0 fully saturated rings. The normalized spacial score (nSPS) is 10.5. The minimum Gasteiger partial charge on any atom is -0.461 e. The summed E-state index contributed by atoms with van der Waals surface area (Å²) < 4.78 is 8.49. The van der Waals surface area contributed by atoms with Crippen molar-refractivity contribution in [3.8, 4) is 5.69 Å². The van der Waals surface area contributed by atoms with Crippen LogP contribution < -0.4 is 5.56 Å². The molecule has 1 aromatic carbocycles. The minimum absolute atomic E-state index is 0.125. The Morgan fingerprint density at radius 3 is 2.58 bits per heavy atom. The van der Waals surface area contributed by atoms with Gasteiger partial charge in [0, 0.05) is 31.2 Å². The lowest BCUT2D eigenvalue weighted by Gasteiger charge is -2.07. The lowest BCUT2D eigenvalue weighted by Crippen LogP contribution is -2.20. The zero-order valence-electron chi connectivity index (χ0n) is 13.0. The van der Waals surface area contributed by atoms with Crippen molar-refractivity contribution in [3.05, 3.63) is 83.0 Å². The van der Waals surface area contributed by atoms with Gasteiger partial charge in [-0.15, -0.1) is 0 Å².